The highest BCUT2D eigenvalue weighted by atomic mass is 19.1. The highest BCUT2D eigenvalue weighted by molar-refractivity contribution is 5.85. The molecule has 0 saturated heterocycles. The highest BCUT2D eigenvalue weighted by Crippen LogP contribution is 2.24. The zero-order valence-electron chi connectivity index (χ0n) is 11.2. The van der Waals surface area contributed by atoms with E-state index in [-0.39, 0.29) is 17.7 Å². The van der Waals surface area contributed by atoms with Gasteiger partial charge in [0, 0.05) is 19.7 Å². The van der Waals surface area contributed by atoms with Crippen LogP contribution in [-0.4, -0.2) is 34.0 Å². The molecule has 6 heteroatoms. The summed E-state index contributed by atoms with van der Waals surface area (Å²) in [5.74, 6) is -0.217. The predicted molar refractivity (Wildman–Crippen MR) is 72.1 cm³/mol. The number of nitrogens with zero attached hydrogens (tertiary/aromatic N) is 3. The first-order valence-electron chi connectivity index (χ1n) is 6.13. The Hall–Kier alpha value is -2.11. The smallest absolute Gasteiger partial charge is 0.245 e. The number of carbonyl (C=O) groups is 1. The Balaban J connectivity index is 2.50. The van der Waals surface area contributed by atoms with Gasteiger partial charge in [-0.05, 0) is 26.0 Å². The van der Waals surface area contributed by atoms with Crippen molar-refractivity contribution < 1.29 is 9.18 Å². The van der Waals surface area contributed by atoms with Crippen LogP contribution in [0.5, 0.6) is 0 Å². The number of hydrogen-bond acceptors (Lipinski definition) is 3. The van der Waals surface area contributed by atoms with E-state index >= 15 is 0 Å². The summed E-state index contributed by atoms with van der Waals surface area (Å²) in [5, 5.41) is 0. The number of halogens is 1. The topological polar surface area (TPSA) is 64.2 Å². The standard InChI is InChI=1S/C13H17FN4O/c1-4-17(3)12(19)8(2)18-11-6-5-9(14)7-10(11)16-13(18)15/h5-8H,4H2,1-3H3,(H2,15,16). The number of aromatic nitrogens is 2. The van der Waals surface area contributed by atoms with Gasteiger partial charge in [-0.3, -0.25) is 9.36 Å². The van der Waals surface area contributed by atoms with Crippen LogP contribution in [0.3, 0.4) is 0 Å². The van der Waals surface area contributed by atoms with Crippen LogP contribution in [0.15, 0.2) is 18.2 Å². The number of rotatable bonds is 3. The molecule has 0 saturated carbocycles. The molecule has 0 spiro atoms. The Labute approximate surface area is 110 Å². The third kappa shape index (κ3) is 2.25. The Morgan fingerprint density at radius 3 is 2.89 bits per heavy atom. The monoisotopic (exact) mass is 264 g/mol. The van der Waals surface area contributed by atoms with Gasteiger partial charge in [0.15, 0.2) is 0 Å². The SMILES string of the molecule is CCN(C)C(=O)C(C)n1c(N)nc2cc(F)ccc21. The lowest BCUT2D eigenvalue weighted by Gasteiger charge is -2.21. The van der Waals surface area contributed by atoms with Crippen LogP contribution < -0.4 is 5.73 Å². The minimum absolute atomic E-state index is 0.0576. The van der Waals surface area contributed by atoms with E-state index in [0.717, 1.165) is 0 Å². The summed E-state index contributed by atoms with van der Waals surface area (Å²) in [6.45, 7) is 4.27. The number of fused-ring (bicyclic) bond motifs is 1. The van der Waals surface area contributed by atoms with Crippen molar-refractivity contribution in [2.75, 3.05) is 19.3 Å². The first-order chi connectivity index (χ1) is 8.95. The third-order valence-electron chi connectivity index (χ3n) is 3.27. The summed E-state index contributed by atoms with van der Waals surface area (Å²) < 4.78 is 14.8. The summed E-state index contributed by atoms with van der Waals surface area (Å²) >= 11 is 0. The molecular formula is C13H17FN4O. The van der Waals surface area contributed by atoms with Crippen molar-refractivity contribution >= 4 is 22.9 Å². The van der Waals surface area contributed by atoms with E-state index in [1.54, 1.807) is 29.5 Å². The van der Waals surface area contributed by atoms with E-state index < -0.39 is 6.04 Å². The van der Waals surface area contributed by atoms with Crippen molar-refractivity contribution in [2.45, 2.75) is 19.9 Å². The summed E-state index contributed by atoms with van der Waals surface area (Å²) in [6, 6.07) is 3.76. The van der Waals surface area contributed by atoms with Gasteiger partial charge in [0.25, 0.3) is 0 Å². The molecular weight excluding hydrogens is 247 g/mol. The van der Waals surface area contributed by atoms with Crippen molar-refractivity contribution in [3.8, 4) is 0 Å². The molecule has 102 valence electrons. The van der Waals surface area contributed by atoms with Crippen LogP contribution in [-0.2, 0) is 4.79 Å². The number of nitrogens with two attached hydrogens (primary N) is 1. The molecule has 0 radical (unpaired) electrons. The van der Waals surface area contributed by atoms with E-state index in [1.165, 1.54) is 12.1 Å². The van der Waals surface area contributed by atoms with Gasteiger partial charge in [-0.1, -0.05) is 0 Å². The second-order valence-corrected chi connectivity index (χ2v) is 4.50. The number of carbonyl (C=O) groups excluding carboxylic acids is 1. The quantitative estimate of drug-likeness (QED) is 0.919. The molecule has 0 aliphatic heterocycles. The predicted octanol–water partition coefficient (Wildman–Crippen LogP) is 1.80. The van der Waals surface area contributed by atoms with Crippen LogP contribution in [0, 0.1) is 5.82 Å². The maximum atomic E-state index is 13.2. The van der Waals surface area contributed by atoms with Crippen molar-refractivity contribution in [2.24, 2.45) is 0 Å². The van der Waals surface area contributed by atoms with Crippen molar-refractivity contribution in [1.29, 1.82) is 0 Å². The fourth-order valence-electron chi connectivity index (χ4n) is 2.08. The van der Waals surface area contributed by atoms with Gasteiger partial charge in [-0.15, -0.1) is 0 Å². The second kappa shape index (κ2) is 4.87. The fourth-order valence-corrected chi connectivity index (χ4v) is 2.08. The van der Waals surface area contributed by atoms with Crippen molar-refractivity contribution in [1.82, 2.24) is 14.5 Å². The van der Waals surface area contributed by atoms with E-state index in [4.69, 9.17) is 5.73 Å². The van der Waals surface area contributed by atoms with Crippen LogP contribution >= 0.6 is 0 Å². The third-order valence-corrected chi connectivity index (χ3v) is 3.27. The first-order valence-corrected chi connectivity index (χ1v) is 6.13. The molecule has 2 aromatic rings. The molecule has 1 amide bonds. The van der Waals surface area contributed by atoms with Crippen LogP contribution in [0.1, 0.15) is 19.9 Å². The molecule has 1 unspecified atom stereocenters. The Kier molecular flexibility index (Phi) is 3.42. The number of nitrogen functional groups attached to an aromatic ring is 1. The number of hydrogen-bond donors (Lipinski definition) is 1. The van der Waals surface area contributed by atoms with E-state index in [2.05, 4.69) is 4.98 Å². The van der Waals surface area contributed by atoms with Gasteiger partial charge in [-0.25, -0.2) is 9.37 Å². The van der Waals surface area contributed by atoms with Crippen LogP contribution in [0.25, 0.3) is 11.0 Å². The molecule has 5 nitrogen and oxygen atoms in total. The summed E-state index contributed by atoms with van der Waals surface area (Å²) in [4.78, 5) is 17.9. The lowest BCUT2D eigenvalue weighted by Crippen LogP contribution is -2.33. The van der Waals surface area contributed by atoms with Crippen molar-refractivity contribution in [3.05, 3.63) is 24.0 Å². The number of amides is 1. The van der Waals surface area contributed by atoms with Gasteiger partial charge < -0.3 is 10.6 Å². The second-order valence-electron chi connectivity index (χ2n) is 4.50. The molecule has 2 rings (SSSR count). The largest absolute Gasteiger partial charge is 0.369 e. The van der Waals surface area contributed by atoms with Crippen LogP contribution in [0.2, 0.25) is 0 Å². The molecule has 1 heterocycles. The maximum Gasteiger partial charge on any atom is 0.245 e. The normalized spacial score (nSPS) is 12.6. The lowest BCUT2D eigenvalue weighted by atomic mass is 10.2. The highest BCUT2D eigenvalue weighted by Gasteiger charge is 2.22. The minimum Gasteiger partial charge on any atom is -0.369 e. The number of benzene rings is 1. The zero-order valence-corrected chi connectivity index (χ0v) is 11.2. The van der Waals surface area contributed by atoms with Gasteiger partial charge >= 0.3 is 0 Å². The van der Waals surface area contributed by atoms with Gasteiger partial charge in [-0.2, -0.15) is 0 Å². The molecule has 2 N–H and O–H groups in total. The zero-order chi connectivity index (χ0) is 14.2. The molecule has 1 aromatic heterocycles. The minimum atomic E-state index is -0.472. The van der Waals surface area contributed by atoms with Gasteiger partial charge in [0.2, 0.25) is 11.9 Å². The molecule has 0 fully saturated rings. The molecule has 0 aliphatic carbocycles. The Morgan fingerprint density at radius 1 is 1.58 bits per heavy atom. The maximum absolute atomic E-state index is 13.2. The Morgan fingerprint density at radius 2 is 2.26 bits per heavy atom. The number of likely N-dealkylation sites (N-methyl/N-ethyl adjacent to an activating group) is 1. The average Bonchev–Trinajstić information content (AvgIpc) is 2.71. The van der Waals surface area contributed by atoms with E-state index in [0.29, 0.717) is 17.6 Å². The lowest BCUT2D eigenvalue weighted by molar-refractivity contribution is -0.132. The molecule has 19 heavy (non-hydrogen) atoms. The van der Waals surface area contributed by atoms with Gasteiger partial charge in [0.1, 0.15) is 11.9 Å². The summed E-state index contributed by atoms with van der Waals surface area (Å²) in [6.07, 6.45) is 0. The van der Waals surface area contributed by atoms with E-state index in [9.17, 15) is 9.18 Å². The first kappa shape index (κ1) is 13.3. The molecule has 1 atom stereocenters. The van der Waals surface area contributed by atoms with Crippen molar-refractivity contribution in [3.63, 3.8) is 0 Å². The Bertz CT molecular complexity index is 622. The number of anilines is 1. The van der Waals surface area contributed by atoms with Crippen LogP contribution in [0.4, 0.5) is 10.3 Å². The van der Waals surface area contributed by atoms with Gasteiger partial charge in [0.05, 0.1) is 11.0 Å². The fraction of sp³-hybridized carbons (Fsp3) is 0.385. The molecule has 1 aromatic carbocycles. The average molecular weight is 264 g/mol. The molecule has 0 bridgehead atoms. The summed E-state index contributed by atoms with van der Waals surface area (Å²) in [5.41, 5.74) is 6.95. The van der Waals surface area contributed by atoms with E-state index in [1.807, 2.05) is 6.92 Å². The molecule has 0 aliphatic rings. The summed E-state index contributed by atoms with van der Waals surface area (Å²) in [7, 11) is 1.73. The number of imidazole rings is 1.